The van der Waals surface area contributed by atoms with Crippen LogP contribution in [0.3, 0.4) is 0 Å². The van der Waals surface area contributed by atoms with Crippen LogP contribution in [0.1, 0.15) is 5.56 Å². The molecule has 20 heavy (non-hydrogen) atoms. The van der Waals surface area contributed by atoms with Gasteiger partial charge in [-0.05, 0) is 29.0 Å². The molecule has 0 radical (unpaired) electrons. The van der Waals surface area contributed by atoms with E-state index in [2.05, 4.69) is 4.98 Å². The molecule has 0 atom stereocenters. The zero-order chi connectivity index (χ0) is 13.9. The number of benzene rings is 2. The number of pyridine rings is 1. The molecule has 0 amide bonds. The highest BCUT2D eigenvalue weighted by Gasteiger charge is 2.07. The zero-order valence-corrected chi connectivity index (χ0v) is 10.7. The van der Waals surface area contributed by atoms with Gasteiger partial charge in [0.05, 0.1) is 6.20 Å². The number of fused-ring (bicyclic) bond motifs is 1. The highest BCUT2D eigenvalue weighted by atomic mass is 19.1. The van der Waals surface area contributed by atoms with E-state index in [0.29, 0.717) is 17.2 Å². The van der Waals surface area contributed by atoms with Crippen LogP contribution in [0.15, 0.2) is 54.7 Å². The number of ether oxygens (including phenoxy) is 1. The van der Waals surface area contributed by atoms with Crippen molar-refractivity contribution in [2.75, 3.05) is 0 Å². The van der Waals surface area contributed by atoms with Gasteiger partial charge in [0.15, 0.2) is 0 Å². The van der Waals surface area contributed by atoms with Gasteiger partial charge in [-0.1, -0.05) is 30.3 Å². The van der Waals surface area contributed by atoms with E-state index in [1.807, 2.05) is 42.5 Å². The molecule has 0 spiro atoms. The molecule has 0 saturated heterocycles. The summed E-state index contributed by atoms with van der Waals surface area (Å²) in [5.74, 6) is 0.568. The van der Waals surface area contributed by atoms with Crippen LogP contribution in [0, 0.1) is 5.82 Å². The molecule has 1 heterocycles. The average molecular weight is 268 g/mol. The molecule has 3 aromatic rings. The van der Waals surface area contributed by atoms with Crippen molar-refractivity contribution in [1.82, 2.24) is 4.98 Å². The van der Waals surface area contributed by atoms with Crippen molar-refractivity contribution in [2.24, 2.45) is 5.73 Å². The Hall–Kier alpha value is -2.46. The molecule has 0 aliphatic heterocycles. The molecule has 0 unspecified atom stereocenters. The maximum Gasteiger partial charge on any atom is 0.223 e. The summed E-state index contributed by atoms with van der Waals surface area (Å²) in [5, 5.41) is 2.20. The highest BCUT2D eigenvalue weighted by Crippen LogP contribution is 2.26. The second-order valence-electron chi connectivity index (χ2n) is 4.43. The van der Waals surface area contributed by atoms with Gasteiger partial charge in [0.1, 0.15) is 11.6 Å². The van der Waals surface area contributed by atoms with Gasteiger partial charge >= 0.3 is 0 Å². The Balaban J connectivity index is 1.96. The average Bonchev–Trinajstić information content (AvgIpc) is 2.49. The molecule has 3 rings (SSSR count). The smallest absolute Gasteiger partial charge is 0.223 e. The van der Waals surface area contributed by atoms with Gasteiger partial charge in [0, 0.05) is 12.1 Å². The van der Waals surface area contributed by atoms with E-state index < -0.39 is 5.82 Å². The molecular weight excluding hydrogens is 255 g/mol. The monoisotopic (exact) mass is 268 g/mol. The summed E-state index contributed by atoms with van der Waals surface area (Å²) in [4.78, 5) is 3.95. The summed E-state index contributed by atoms with van der Waals surface area (Å²) >= 11 is 0. The van der Waals surface area contributed by atoms with E-state index in [1.165, 1.54) is 6.07 Å². The Kier molecular flexibility index (Phi) is 3.31. The lowest BCUT2D eigenvalue weighted by molar-refractivity contribution is 0.453. The fourth-order valence-electron chi connectivity index (χ4n) is 2.05. The first-order valence-electron chi connectivity index (χ1n) is 6.27. The largest absolute Gasteiger partial charge is 0.439 e. The first-order chi connectivity index (χ1) is 9.76. The molecule has 0 fully saturated rings. The molecule has 0 saturated carbocycles. The van der Waals surface area contributed by atoms with Crippen molar-refractivity contribution in [2.45, 2.75) is 6.54 Å². The summed E-state index contributed by atoms with van der Waals surface area (Å²) in [7, 11) is 0. The molecule has 4 heteroatoms. The van der Waals surface area contributed by atoms with E-state index in [4.69, 9.17) is 10.5 Å². The Bertz CT molecular complexity index is 758. The van der Waals surface area contributed by atoms with Crippen LogP contribution in [-0.4, -0.2) is 4.98 Å². The lowest BCUT2D eigenvalue weighted by Crippen LogP contribution is -2.02. The third-order valence-electron chi connectivity index (χ3n) is 3.05. The van der Waals surface area contributed by atoms with E-state index in [0.717, 1.165) is 17.0 Å². The minimum atomic E-state index is -0.420. The molecule has 0 bridgehead atoms. The van der Waals surface area contributed by atoms with Crippen molar-refractivity contribution in [3.05, 3.63) is 66.1 Å². The van der Waals surface area contributed by atoms with Crippen molar-refractivity contribution in [3.63, 3.8) is 0 Å². The van der Waals surface area contributed by atoms with Crippen molar-refractivity contribution in [3.8, 4) is 11.6 Å². The number of rotatable bonds is 3. The van der Waals surface area contributed by atoms with E-state index >= 15 is 0 Å². The number of halogens is 1. The van der Waals surface area contributed by atoms with Crippen LogP contribution in [0.25, 0.3) is 10.8 Å². The number of aromatic nitrogens is 1. The predicted octanol–water partition coefficient (Wildman–Crippen LogP) is 3.62. The van der Waals surface area contributed by atoms with E-state index in [-0.39, 0.29) is 6.54 Å². The predicted molar refractivity (Wildman–Crippen MR) is 76.1 cm³/mol. The second-order valence-corrected chi connectivity index (χ2v) is 4.43. The van der Waals surface area contributed by atoms with Gasteiger partial charge in [0.2, 0.25) is 5.88 Å². The lowest BCUT2D eigenvalue weighted by Gasteiger charge is -2.09. The van der Waals surface area contributed by atoms with E-state index in [9.17, 15) is 4.39 Å². The first-order valence-corrected chi connectivity index (χ1v) is 6.27. The SMILES string of the molecule is NCc1cc(F)cnc1Oc1ccc2ccccc2c1. The maximum absolute atomic E-state index is 13.1. The van der Waals surface area contributed by atoms with Gasteiger partial charge in [-0.25, -0.2) is 9.37 Å². The molecule has 1 aromatic heterocycles. The summed E-state index contributed by atoms with van der Waals surface area (Å²) in [6.07, 6.45) is 1.12. The quantitative estimate of drug-likeness (QED) is 0.789. The van der Waals surface area contributed by atoms with E-state index in [1.54, 1.807) is 0 Å². The van der Waals surface area contributed by atoms with Gasteiger partial charge in [-0.15, -0.1) is 0 Å². The normalized spacial score (nSPS) is 10.7. The summed E-state index contributed by atoms with van der Waals surface area (Å²) in [5.41, 5.74) is 6.12. The Morgan fingerprint density at radius 2 is 1.85 bits per heavy atom. The van der Waals surface area contributed by atoms with Gasteiger partial charge in [-0.3, -0.25) is 0 Å². The zero-order valence-electron chi connectivity index (χ0n) is 10.7. The molecule has 2 aromatic carbocycles. The number of nitrogens with zero attached hydrogens (tertiary/aromatic N) is 1. The summed E-state index contributed by atoms with van der Waals surface area (Å²) < 4.78 is 18.8. The maximum atomic E-state index is 13.1. The van der Waals surface area contributed by atoms with Crippen LogP contribution in [0.2, 0.25) is 0 Å². The minimum Gasteiger partial charge on any atom is -0.439 e. The van der Waals surface area contributed by atoms with Crippen LogP contribution in [-0.2, 0) is 6.54 Å². The van der Waals surface area contributed by atoms with Crippen molar-refractivity contribution >= 4 is 10.8 Å². The van der Waals surface area contributed by atoms with Crippen LogP contribution >= 0.6 is 0 Å². The van der Waals surface area contributed by atoms with Crippen LogP contribution in [0.5, 0.6) is 11.6 Å². The van der Waals surface area contributed by atoms with Gasteiger partial charge in [0.25, 0.3) is 0 Å². The fourth-order valence-corrected chi connectivity index (χ4v) is 2.05. The standard InChI is InChI=1S/C16H13FN2O/c17-14-7-13(9-18)16(19-10-14)20-15-6-5-11-3-1-2-4-12(11)8-15/h1-8,10H,9,18H2. The number of nitrogens with two attached hydrogens (primary N) is 1. The molecule has 0 aliphatic carbocycles. The third kappa shape index (κ3) is 2.46. The van der Waals surface area contributed by atoms with Gasteiger partial charge < -0.3 is 10.5 Å². The first kappa shape index (κ1) is 12.6. The van der Waals surface area contributed by atoms with Crippen LogP contribution < -0.4 is 10.5 Å². The molecular formula is C16H13FN2O. The van der Waals surface area contributed by atoms with Gasteiger partial charge in [-0.2, -0.15) is 0 Å². The van der Waals surface area contributed by atoms with Crippen molar-refractivity contribution < 1.29 is 9.13 Å². The second kappa shape index (κ2) is 5.27. The summed E-state index contributed by atoms with van der Waals surface area (Å²) in [6.45, 7) is 0.174. The highest BCUT2D eigenvalue weighted by molar-refractivity contribution is 5.83. The minimum absolute atomic E-state index is 0.174. The van der Waals surface area contributed by atoms with Crippen molar-refractivity contribution in [1.29, 1.82) is 0 Å². The molecule has 100 valence electrons. The fraction of sp³-hybridized carbons (Fsp3) is 0.0625. The molecule has 3 nitrogen and oxygen atoms in total. The molecule has 2 N–H and O–H groups in total. The number of hydrogen-bond acceptors (Lipinski definition) is 3. The topological polar surface area (TPSA) is 48.1 Å². The third-order valence-corrected chi connectivity index (χ3v) is 3.05. The number of hydrogen-bond donors (Lipinski definition) is 1. The molecule has 0 aliphatic rings. The Morgan fingerprint density at radius 3 is 2.65 bits per heavy atom. The lowest BCUT2D eigenvalue weighted by atomic mass is 10.1. The summed E-state index contributed by atoms with van der Waals surface area (Å²) in [6, 6.07) is 15.1. The Morgan fingerprint density at radius 1 is 1.05 bits per heavy atom. The van der Waals surface area contributed by atoms with Crippen LogP contribution in [0.4, 0.5) is 4.39 Å². The Labute approximate surface area is 115 Å².